The third-order valence-electron chi connectivity index (χ3n) is 3.03. The summed E-state index contributed by atoms with van der Waals surface area (Å²) in [6.07, 6.45) is 0. The molecule has 0 radical (unpaired) electrons. The van der Waals surface area contributed by atoms with Gasteiger partial charge in [0.15, 0.2) is 0 Å². The molecule has 0 aliphatic carbocycles. The fourth-order valence-electron chi connectivity index (χ4n) is 1.97. The van der Waals surface area contributed by atoms with Crippen molar-refractivity contribution in [2.75, 3.05) is 7.11 Å². The number of rotatable bonds is 5. The average Bonchev–Trinajstić information content (AvgIpc) is 2.45. The Balaban J connectivity index is 2.26. The first-order valence-corrected chi connectivity index (χ1v) is 7.16. The second kappa shape index (κ2) is 6.63. The van der Waals surface area contributed by atoms with E-state index in [2.05, 4.69) is 15.9 Å². The lowest BCUT2D eigenvalue weighted by molar-refractivity contribution is 0.0996. The molecule has 0 heterocycles. The summed E-state index contributed by atoms with van der Waals surface area (Å²) in [6.45, 7) is 2.21. The maximum atomic E-state index is 11.4. The second-order valence-electron chi connectivity index (χ2n) is 4.61. The molecule has 0 aliphatic rings. The Morgan fingerprint density at radius 3 is 2.62 bits per heavy atom. The summed E-state index contributed by atoms with van der Waals surface area (Å²) in [5.74, 6) is 0.696. The minimum atomic E-state index is -0.508. The Hall–Kier alpha value is -2.01. The molecule has 0 unspecified atom stereocenters. The minimum Gasteiger partial charge on any atom is -0.496 e. The minimum absolute atomic E-state index is 0.284. The number of hydrogen-bond donors (Lipinski definition) is 1. The van der Waals surface area contributed by atoms with Gasteiger partial charge >= 0.3 is 0 Å². The van der Waals surface area contributed by atoms with Gasteiger partial charge in [0, 0.05) is 10.0 Å². The standard InChI is InChI=1S/C16H16BrNO3/c1-10-3-5-13(16(18)19)15(7-10)21-9-11-8-12(17)4-6-14(11)20-2/h3-8H,9H2,1-2H3,(H2,18,19). The highest BCUT2D eigenvalue weighted by Crippen LogP contribution is 2.26. The average molecular weight is 350 g/mol. The Morgan fingerprint density at radius 1 is 1.19 bits per heavy atom. The molecule has 2 aromatic carbocycles. The number of benzene rings is 2. The molecule has 0 aromatic heterocycles. The highest BCUT2D eigenvalue weighted by Gasteiger charge is 2.11. The number of carbonyl (C=O) groups is 1. The molecule has 0 bridgehead atoms. The van der Waals surface area contributed by atoms with E-state index in [0.717, 1.165) is 21.3 Å². The van der Waals surface area contributed by atoms with Crippen LogP contribution < -0.4 is 15.2 Å². The van der Waals surface area contributed by atoms with Gasteiger partial charge in [-0.1, -0.05) is 22.0 Å². The van der Waals surface area contributed by atoms with Crippen molar-refractivity contribution in [3.8, 4) is 11.5 Å². The van der Waals surface area contributed by atoms with Crippen molar-refractivity contribution in [3.05, 3.63) is 57.6 Å². The van der Waals surface area contributed by atoms with E-state index in [9.17, 15) is 4.79 Å². The van der Waals surface area contributed by atoms with Crippen molar-refractivity contribution in [2.24, 2.45) is 5.73 Å². The number of aryl methyl sites for hydroxylation is 1. The van der Waals surface area contributed by atoms with E-state index >= 15 is 0 Å². The van der Waals surface area contributed by atoms with Gasteiger partial charge < -0.3 is 15.2 Å². The zero-order chi connectivity index (χ0) is 15.4. The molecule has 0 aliphatic heterocycles. The third kappa shape index (κ3) is 3.76. The third-order valence-corrected chi connectivity index (χ3v) is 3.52. The van der Waals surface area contributed by atoms with Crippen molar-refractivity contribution in [1.29, 1.82) is 0 Å². The van der Waals surface area contributed by atoms with Crippen LogP contribution in [-0.2, 0) is 6.61 Å². The molecule has 2 N–H and O–H groups in total. The van der Waals surface area contributed by atoms with Crippen LogP contribution in [-0.4, -0.2) is 13.0 Å². The number of halogens is 1. The van der Waals surface area contributed by atoms with Crippen molar-refractivity contribution in [3.63, 3.8) is 0 Å². The highest BCUT2D eigenvalue weighted by molar-refractivity contribution is 9.10. The molecule has 0 fully saturated rings. The number of amides is 1. The quantitative estimate of drug-likeness (QED) is 0.899. The lowest BCUT2D eigenvalue weighted by atomic mass is 10.1. The molecule has 21 heavy (non-hydrogen) atoms. The van der Waals surface area contributed by atoms with E-state index in [1.807, 2.05) is 31.2 Å². The van der Waals surface area contributed by atoms with E-state index < -0.39 is 5.91 Å². The molecule has 5 heteroatoms. The zero-order valence-corrected chi connectivity index (χ0v) is 13.4. The van der Waals surface area contributed by atoms with E-state index in [1.54, 1.807) is 19.2 Å². The van der Waals surface area contributed by atoms with Gasteiger partial charge in [-0.2, -0.15) is 0 Å². The summed E-state index contributed by atoms with van der Waals surface area (Å²) in [6, 6.07) is 11.0. The van der Waals surface area contributed by atoms with Crippen LogP contribution in [0.3, 0.4) is 0 Å². The van der Waals surface area contributed by atoms with Gasteiger partial charge in [-0.3, -0.25) is 4.79 Å². The first kappa shape index (κ1) is 15.4. The van der Waals surface area contributed by atoms with Gasteiger partial charge in [0.25, 0.3) is 5.91 Å². The van der Waals surface area contributed by atoms with Crippen molar-refractivity contribution in [2.45, 2.75) is 13.5 Å². The maximum absolute atomic E-state index is 11.4. The number of carbonyl (C=O) groups excluding carboxylic acids is 1. The van der Waals surface area contributed by atoms with E-state index in [1.165, 1.54) is 0 Å². The van der Waals surface area contributed by atoms with Gasteiger partial charge in [0.1, 0.15) is 18.1 Å². The molecule has 0 saturated carbocycles. The van der Waals surface area contributed by atoms with Crippen molar-refractivity contribution < 1.29 is 14.3 Å². The SMILES string of the molecule is COc1ccc(Br)cc1COc1cc(C)ccc1C(N)=O. The Labute approximate surface area is 132 Å². The van der Waals surface area contributed by atoms with Crippen LogP contribution in [0.15, 0.2) is 40.9 Å². The zero-order valence-electron chi connectivity index (χ0n) is 11.9. The summed E-state index contributed by atoms with van der Waals surface area (Å²) in [4.78, 5) is 11.4. The maximum Gasteiger partial charge on any atom is 0.252 e. The van der Waals surface area contributed by atoms with E-state index in [-0.39, 0.29) is 6.61 Å². The van der Waals surface area contributed by atoms with Crippen LogP contribution >= 0.6 is 15.9 Å². The molecule has 1 amide bonds. The second-order valence-corrected chi connectivity index (χ2v) is 5.52. The predicted molar refractivity (Wildman–Crippen MR) is 84.7 cm³/mol. The normalized spacial score (nSPS) is 10.2. The fourth-order valence-corrected chi connectivity index (χ4v) is 2.38. The van der Waals surface area contributed by atoms with Gasteiger partial charge in [-0.25, -0.2) is 0 Å². The number of nitrogens with two attached hydrogens (primary N) is 1. The van der Waals surface area contributed by atoms with Crippen LogP contribution in [0.5, 0.6) is 11.5 Å². The smallest absolute Gasteiger partial charge is 0.252 e. The summed E-state index contributed by atoms with van der Waals surface area (Å²) in [7, 11) is 1.61. The topological polar surface area (TPSA) is 61.6 Å². The number of methoxy groups -OCH3 is 1. The molecule has 2 aromatic rings. The molecule has 110 valence electrons. The summed E-state index contributed by atoms with van der Waals surface area (Å²) in [5.41, 5.74) is 7.61. The summed E-state index contributed by atoms with van der Waals surface area (Å²) in [5, 5.41) is 0. The van der Waals surface area contributed by atoms with Crippen molar-refractivity contribution in [1.82, 2.24) is 0 Å². The summed E-state index contributed by atoms with van der Waals surface area (Å²) < 4.78 is 12.0. The molecule has 0 spiro atoms. The lowest BCUT2D eigenvalue weighted by Gasteiger charge is -2.13. The lowest BCUT2D eigenvalue weighted by Crippen LogP contribution is -2.13. The Morgan fingerprint density at radius 2 is 1.95 bits per heavy atom. The van der Waals surface area contributed by atoms with Crippen LogP contribution in [0.1, 0.15) is 21.5 Å². The van der Waals surface area contributed by atoms with Gasteiger partial charge in [0.05, 0.1) is 12.7 Å². The molecular weight excluding hydrogens is 334 g/mol. The van der Waals surface area contributed by atoms with Gasteiger partial charge in [-0.05, 0) is 42.8 Å². The molecule has 0 atom stereocenters. The summed E-state index contributed by atoms with van der Waals surface area (Å²) >= 11 is 3.42. The van der Waals surface area contributed by atoms with Crippen LogP contribution in [0.2, 0.25) is 0 Å². The first-order valence-electron chi connectivity index (χ1n) is 6.37. The Kier molecular flexibility index (Phi) is 4.85. The number of primary amides is 1. The number of hydrogen-bond acceptors (Lipinski definition) is 3. The predicted octanol–water partition coefficient (Wildman–Crippen LogP) is 3.44. The van der Waals surface area contributed by atoms with Crippen LogP contribution in [0.4, 0.5) is 0 Å². The fraction of sp³-hybridized carbons (Fsp3) is 0.188. The molecule has 0 saturated heterocycles. The molecular formula is C16H16BrNO3. The van der Waals surface area contributed by atoms with E-state index in [0.29, 0.717) is 11.3 Å². The Bertz CT molecular complexity index is 671. The number of ether oxygens (including phenoxy) is 2. The molecule has 2 rings (SSSR count). The largest absolute Gasteiger partial charge is 0.496 e. The highest BCUT2D eigenvalue weighted by atomic mass is 79.9. The van der Waals surface area contributed by atoms with Crippen LogP contribution in [0, 0.1) is 6.92 Å². The van der Waals surface area contributed by atoms with Gasteiger partial charge in [-0.15, -0.1) is 0 Å². The monoisotopic (exact) mass is 349 g/mol. The van der Waals surface area contributed by atoms with Crippen molar-refractivity contribution >= 4 is 21.8 Å². The van der Waals surface area contributed by atoms with E-state index in [4.69, 9.17) is 15.2 Å². The first-order chi connectivity index (χ1) is 10.0. The molecule has 4 nitrogen and oxygen atoms in total. The van der Waals surface area contributed by atoms with Gasteiger partial charge in [0.2, 0.25) is 0 Å². The van der Waals surface area contributed by atoms with Crippen LogP contribution in [0.25, 0.3) is 0 Å².